The molecular formula is C15H20N2O4S2. The van der Waals surface area contributed by atoms with E-state index in [0.29, 0.717) is 22.0 Å². The van der Waals surface area contributed by atoms with E-state index in [1.165, 1.54) is 34.8 Å². The summed E-state index contributed by atoms with van der Waals surface area (Å²) in [5, 5.41) is 1.07. The summed E-state index contributed by atoms with van der Waals surface area (Å²) in [6, 6.07) is 1.13. The van der Waals surface area contributed by atoms with Gasteiger partial charge in [-0.05, 0) is 25.7 Å². The first-order chi connectivity index (χ1) is 11.0. The summed E-state index contributed by atoms with van der Waals surface area (Å²) in [6.07, 6.45) is 2.69. The Bertz CT molecular complexity index is 754. The fourth-order valence-electron chi connectivity index (χ4n) is 2.14. The molecule has 1 unspecified atom stereocenters. The first-order valence-electron chi connectivity index (χ1n) is 7.28. The van der Waals surface area contributed by atoms with Gasteiger partial charge in [0.25, 0.3) is 5.56 Å². The Kier molecular flexibility index (Phi) is 6.20. The highest BCUT2D eigenvalue weighted by Gasteiger charge is 2.23. The van der Waals surface area contributed by atoms with Gasteiger partial charge in [-0.2, -0.15) is 0 Å². The van der Waals surface area contributed by atoms with Crippen LogP contribution in [0.3, 0.4) is 0 Å². The Morgan fingerprint density at radius 1 is 1.48 bits per heavy atom. The van der Waals surface area contributed by atoms with Crippen molar-refractivity contribution in [2.45, 2.75) is 31.5 Å². The van der Waals surface area contributed by atoms with Crippen LogP contribution in [0.1, 0.15) is 24.8 Å². The lowest BCUT2D eigenvalue weighted by Gasteiger charge is -2.17. The third-order valence-electron chi connectivity index (χ3n) is 3.41. The van der Waals surface area contributed by atoms with Crippen molar-refractivity contribution in [1.29, 1.82) is 0 Å². The molecule has 0 aliphatic heterocycles. The van der Waals surface area contributed by atoms with Crippen molar-refractivity contribution in [1.82, 2.24) is 9.55 Å². The minimum absolute atomic E-state index is 0.164. The van der Waals surface area contributed by atoms with E-state index in [4.69, 9.17) is 9.47 Å². The molecule has 2 rings (SSSR count). The van der Waals surface area contributed by atoms with Crippen LogP contribution < -0.4 is 5.56 Å². The summed E-state index contributed by atoms with van der Waals surface area (Å²) >= 11 is 2.86. The molecule has 0 radical (unpaired) electrons. The van der Waals surface area contributed by atoms with E-state index in [-0.39, 0.29) is 12.2 Å². The van der Waals surface area contributed by atoms with Crippen LogP contribution in [0.5, 0.6) is 0 Å². The second-order valence-corrected chi connectivity index (χ2v) is 6.78. The zero-order chi connectivity index (χ0) is 17.0. The summed E-state index contributed by atoms with van der Waals surface area (Å²) in [5.74, 6) is -0.466. The zero-order valence-corrected chi connectivity index (χ0v) is 15.3. The SMILES string of the molecule is CCc1cc2c(=O)n(C(C)C(=O)OCCOC)c(SC)nc2s1. The molecule has 0 aliphatic rings. The number of hydrogen-bond donors (Lipinski definition) is 0. The van der Waals surface area contributed by atoms with Crippen molar-refractivity contribution in [2.75, 3.05) is 26.6 Å². The number of aryl methyl sites for hydroxylation is 1. The molecule has 8 heteroatoms. The van der Waals surface area contributed by atoms with Crippen LogP contribution in [0, 0.1) is 0 Å². The Morgan fingerprint density at radius 3 is 2.83 bits per heavy atom. The maximum absolute atomic E-state index is 12.8. The number of thiophene rings is 1. The number of methoxy groups -OCH3 is 1. The maximum atomic E-state index is 12.8. The average Bonchev–Trinajstić information content (AvgIpc) is 2.97. The summed E-state index contributed by atoms with van der Waals surface area (Å²) in [6.45, 7) is 4.17. The molecule has 23 heavy (non-hydrogen) atoms. The minimum atomic E-state index is -0.733. The van der Waals surface area contributed by atoms with E-state index in [0.717, 1.165) is 11.3 Å². The molecular weight excluding hydrogens is 336 g/mol. The van der Waals surface area contributed by atoms with Gasteiger partial charge in [0.15, 0.2) is 5.16 Å². The van der Waals surface area contributed by atoms with Crippen LogP contribution in [0.2, 0.25) is 0 Å². The normalized spacial score (nSPS) is 12.5. The van der Waals surface area contributed by atoms with Crippen LogP contribution >= 0.6 is 23.1 Å². The second-order valence-electron chi connectivity index (χ2n) is 4.90. The van der Waals surface area contributed by atoms with E-state index in [1.807, 2.05) is 19.2 Å². The van der Waals surface area contributed by atoms with Crippen LogP contribution in [0.25, 0.3) is 10.2 Å². The van der Waals surface area contributed by atoms with Gasteiger partial charge in [0.2, 0.25) is 0 Å². The molecule has 2 aromatic rings. The van der Waals surface area contributed by atoms with Crippen LogP contribution in [0.15, 0.2) is 16.0 Å². The molecule has 0 fully saturated rings. The van der Waals surface area contributed by atoms with E-state index in [2.05, 4.69) is 4.98 Å². The van der Waals surface area contributed by atoms with Crippen molar-refractivity contribution in [3.63, 3.8) is 0 Å². The number of esters is 1. The zero-order valence-electron chi connectivity index (χ0n) is 13.6. The number of ether oxygens (including phenoxy) is 2. The molecule has 0 aromatic carbocycles. The number of carbonyl (C=O) groups excluding carboxylic acids is 1. The summed E-state index contributed by atoms with van der Waals surface area (Å²) < 4.78 is 11.4. The third kappa shape index (κ3) is 3.76. The number of nitrogens with zero attached hydrogens (tertiary/aromatic N) is 2. The highest BCUT2D eigenvalue weighted by Crippen LogP contribution is 2.26. The van der Waals surface area contributed by atoms with Crippen LogP contribution in [0.4, 0.5) is 0 Å². The van der Waals surface area contributed by atoms with Gasteiger partial charge in [0.05, 0.1) is 12.0 Å². The first kappa shape index (κ1) is 18.0. The van der Waals surface area contributed by atoms with Crippen molar-refractivity contribution in [3.8, 4) is 0 Å². The first-order valence-corrected chi connectivity index (χ1v) is 9.32. The largest absolute Gasteiger partial charge is 0.462 e. The second kappa shape index (κ2) is 7.94. The highest BCUT2D eigenvalue weighted by atomic mass is 32.2. The monoisotopic (exact) mass is 356 g/mol. The molecule has 126 valence electrons. The number of hydrogen-bond acceptors (Lipinski definition) is 7. The minimum Gasteiger partial charge on any atom is -0.462 e. The van der Waals surface area contributed by atoms with Gasteiger partial charge in [-0.25, -0.2) is 9.78 Å². The average molecular weight is 356 g/mol. The van der Waals surface area contributed by atoms with Crippen molar-refractivity contribution in [3.05, 3.63) is 21.3 Å². The molecule has 1 atom stereocenters. The van der Waals surface area contributed by atoms with Crippen molar-refractivity contribution < 1.29 is 14.3 Å². The predicted molar refractivity (Wildman–Crippen MR) is 92.6 cm³/mol. The molecule has 0 saturated carbocycles. The smallest absolute Gasteiger partial charge is 0.329 e. The molecule has 2 heterocycles. The van der Waals surface area contributed by atoms with E-state index < -0.39 is 12.0 Å². The third-order valence-corrected chi connectivity index (χ3v) is 5.23. The van der Waals surface area contributed by atoms with Gasteiger partial charge in [-0.1, -0.05) is 18.7 Å². The van der Waals surface area contributed by atoms with E-state index >= 15 is 0 Å². The summed E-state index contributed by atoms with van der Waals surface area (Å²) in [5.41, 5.74) is -0.202. The van der Waals surface area contributed by atoms with Gasteiger partial charge in [-0.3, -0.25) is 9.36 Å². The number of fused-ring (bicyclic) bond motifs is 1. The lowest BCUT2D eigenvalue weighted by atomic mass is 10.3. The van der Waals surface area contributed by atoms with Crippen LogP contribution in [-0.2, 0) is 20.7 Å². The fraction of sp³-hybridized carbons (Fsp3) is 0.533. The molecule has 0 aliphatic carbocycles. The molecule has 0 saturated heterocycles. The molecule has 6 nitrogen and oxygen atoms in total. The predicted octanol–water partition coefficient (Wildman–Crippen LogP) is 2.49. The highest BCUT2D eigenvalue weighted by molar-refractivity contribution is 7.98. The van der Waals surface area contributed by atoms with Crippen LogP contribution in [-0.4, -0.2) is 42.1 Å². The number of thioether (sulfide) groups is 1. The Hall–Kier alpha value is -1.38. The van der Waals surface area contributed by atoms with Gasteiger partial charge in [0.1, 0.15) is 17.5 Å². The van der Waals surface area contributed by atoms with Gasteiger partial charge < -0.3 is 9.47 Å². The molecule has 0 N–H and O–H groups in total. The van der Waals surface area contributed by atoms with Gasteiger partial charge in [-0.15, -0.1) is 11.3 Å². The Morgan fingerprint density at radius 2 is 2.22 bits per heavy atom. The number of rotatable bonds is 7. The van der Waals surface area contributed by atoms with Crippen molar-refractivity contribution >= 4 is 39.3 Å². The summed E-state index contributed by atoms with van der Waals surface area (Å²) in [4.78, 5) is 31.3. The van der Waals surface area contributed by atoms with E-state index in [9.17, 15) is 9.59 Å². The van der Waals surface area contributed by atoms with Crippen molar-refractivity contribution in [2.24, 2.45) is 0 Å². The topological polar surface area (TPSA) is 70.4 Å². The quantitative estimate of drug-likeness (QED) is 0.329. The maximum Gasteiger partial charge on any atom is 0.329 e. The Balaban J connectivity index is 2.43. The van der Waals surface area contributed by atoms with Gasteiger partial charge in [0, 0.05) is 12.0 Å². The Labute approximate surface area is 142 Å². The lowest BCUT2D eigenvalue weighted by molar-refractivity contribution is -0.148. The van der Waals surface area contributed by atoms with E-state index in [1.54, 1.807) is 6.92 Å². The van der Waals surface area contributed by atoms with Gasteiger partial charge >= 0.3 is 5.97 Å². The fourth-order valence-corrected chi connectivity index (χ4v) is 3.77. The molecule has 0 amide bonds. The molecule has 0 spiro atoms. The molecule has 2 aromatic heterocycles. The molecule has 0 bridgehead atoms. The summed E-state index contributed by atoms with van der Waals surface area (Å²) in [7, 11) is 1.54. The standard InChI is InChI=1S/C15H20N2O4S2/c1-5-10-8-11-12(23-10)16-15(22-4)17(13(11)18)9(2)14(19)21-7-6-20-3/h8-9H,5-7H2,1-4H3. The number of aromatic nitrogens is 2. The number of carbonyl (C=O) groups is 1. The lowest BCUT2D eigenvalue weighted by Crippen LogP contribution is -2.31.